The molecule has 2 aromatic rings. The van der Waals surface area contributed by atoms with Crippen molar-refractivity contribution in [3.63, 3.8) is 0 Å². The minimum atomic E-state index is -0.901. The molecular formula is C13H12ClNO3. The number of anilines is 1. The number of hydrogen-bond donors (Lipinski definition) is 1. The molecule has 1 N–H and O–H groups in total. The van der Waals surface area contributed by atoms with Crippen LogP contribution in [0.3, 0.4) is 0 Å². The molecule has 1 aromatic heterocycles. The summed E-state index contributed by atoms with van der Waals surface area (Å²) < 4.78 is 5.23. The number of hydrogen-bond acceptors (Lipinski definition) is 3. The molecule has 1 heterocycles. The van der Waals surface area contributed by atoms with Gasteiger partial charge in [-0.05, 0) is 30.3 Å². The predicted octanol–water partition coefficient (Wildman–Crippen LogP) is 3.02. The first kappa shape index (κ1) is 12.5. The lowest BCUT2D eigenvalue weighted by Crippen LogP contribution is -2.28. The van der Waals surface area contributed by atoms with Crippen molar-refractivity contribution in [2.45, 2.75) is 6.54 Å². The van der Waals surface area contributed by atoms with E-state index in [0.717, 1.165) is 5.69 Å². The number of carbonyl (C=O) groups is 1. The Morgan fingerprint density at radius 2 is 2.17 bits per heavy atom. The van der Waals surface area contributed by atoms with Crippen molar-refractivity contribution < 1.29 is 14.3 Å². The van der Waals surface area contributed by atoms with Gasteiger partial charge in [-0.25, -0.2) is 0 Å². The number of halogens is 1. The molecule has 0 bridgehead atoms. The van der Waals surface area contributed by atoms with Gasteiger partial charge in [-0.1, -0.05) is 17.7 Å². The monoisotopic (exact) mass is 265 g/mol. The van der Waals surface area contributed by atoms with Gasteiger partial charge >= 0.3 is 5.97 Å². The molecule has 2 rings (SSSR count). The van der Waals surface area contributed by atoms with Gasteiger partial charge in [0.2, 0.25) is 0 Å². The fourth-order valence-corrected chi connectivity index (χ4v) is 1.85. The van der Waals surface area contributed by atoms with Crippen LogP contribution in [-0.2, 0) is 11.3 Å². The molecule has 0 radical (unpaired) electrons. The Hall–Kier alpha value is -1.94. The maximum absolute atomic E-state index is 10.9. The number of carboxylic acid groups (broad SMARTS) is 1. The largest absolute Gasteiger partial charge is 0.480 e. The van der Waals surface area contributed by atoms with Crippen LogP contribution in [0, 0.1) is 0 Å². The van der Waals surface area contributed by atoms with Gasteiger partial charge in [-0.15, -0.1) is 0 Å². The van der Waals surface area contributed by atoms with E-state index in [1.807, 2.05) is 6.07 Å². The number of nitrogens with zero attached hydrogens (tertiary/aromatic N) is 1. The third-order valence-electron chi connectivity index (χ3n) is 2.43. The Morgan fingerprint density at radius 1 is 1.33 bits per heavy atom. The van der Waals surface area contributed by atoms with E-state index in [1.165, 1.54) is 0 Å². The van der Waals surface area contributed by atoms with Crippen molar-refractivity contribution >= 4 is 23.3 Å². The second-order valence-corrected chi connectivity index (χ2v) is 4.25. The lowest BCUT2D eigenvalue weighted by Gasteiger charge is -2.21. The van der Waals surface area contributed by atoms with E-state index in [1.54, 1.807) is 41.5 Å². The number of rotatable bonds is 5. The Labute approximate surface area is 109 Å². The zero-order valence-corrected chi connectivity index (χ0v) is 10.3. The van der Waals surface area contributed by atoms with Crippen LogP contribution in [0.4, 0.5) is 5.69 Å². The molecule has 1 aromatic carbocycles. The molecule has 0 unspecified atom stereocenters. The fourth-order valence-electron chi connectivity index (χ4n) is 1.67. The minimum Gasteiger partial charge on any atom is -0.480 e. The Bertz CT molecular complexity index is 525. The number of benzene rings is 1. The van der Waals surface area contributed by atoms with Gasteiger partial charge in [0.25, 0.3) is 0 Å². The molecule has 4 nitrogen and oxygen atoms in total. The Balaban J connectivity index is 2.21. The summed E-state index contributed by atoms with van der Waals surface area (Å²) in [5.74, 6) is -0.197. The van der Waals surface area contributed by atoms with Crippen LogP contribution in [-0.4, -0.2) is 17.6 Å². The highest BCUT2D eigenvalue weighted by atomic mass is 35.5. The van der Waals surface area contributed by atoms with Crippen molar-refractivity contribution in [3.8, 4) is 0 Å². The molecule has 0 saturated carbocycles. The van der Waals surface area contributed by atoms with Gasteiger partial charge in [0, 0.05) is 10.7 Å². The van der Waals surface area contributed by atoms with E-state index in [4.69, 9.17) is 21.1 Å². The first-order chi connectivity index (χ1) is 8.65. The summed E-state index contributed by atoms with van der Waals surface area (Å²) in [4.78, 5) is 12.6. The van der Waals surface area contributed by atoms with E-state index in [0.29, 0.717) is 17.3 Å². The van der Waals surface area contributed by atoms with Crippen molar-refractivity contribution in [3.05, 3.63) is 53.4 Å². The van der Waals surface area contributed by atoms with Gasteiger partial charge in [0.1, 0.15) is 12.3 Å². The van der Waals surface area contributed by atoms with Crippen LogP contribution in [0.1, 0.15) is 5.76 Å². The molecule has 0 aliphatic rings. The van der Waals surface area contributed by atoms with Gasteiger partial charge < -0.3 is 14.4 Å². The second-order valence-electron chi connectivity index (χ2n) is 3.81. The van der Waals surface area contributed by atoms with Crippen LogP contribution in [0.25, 0.3) is 0 Å². The highest BCUT2D eigenvalue weighted by Crippen LogP contribution is 2.21. The van der Waals surface area contributed by atoms with E-state index < -0.39 is 5.97 Å². The number of furan rings is 1. The average molecular weight is 266 g/mol. The maximum atomic E-state index is 10.9. The topological polar surface area (TPSA) is 53.7 Å². The number of aliphatic carboxylic acids is 1. The third-order valence-corrected chi connectivity index (χ3v) is 2.66. The fraction of sp³-hybridized carbons (Fsp3) is 0.154. The molecule has 0 aliphatic heterocycles. The van der Waals surface area contributed by atoms with Crippen LogP contribution < -0.4 is 4.90 Å². The molecular weight excluding hydrogens is 254 g/mol. The van der Waals surface area contributed by atoms with E-state index in [2.05, 4.69) is 0 Å². The average Bonchev–Trinajstić information content (AvgIpc) is 2.80. The molecule has 94 valence electrons. The van der Waals surface area contributed by atoms with Crippen LogP contribution in [0.5, 0.6) is 0 Å². The number of carboxylic acids is 1. The molecule has 0 saturated heterocycles. The molecule has 5 heteroatoms. The zero-order valence-electron chi connectivity index (χ0n) is 9.54. The highest BCUT2D eigenvalue weighted by molar-refractivity contribution is 6.30. The summed E-state index contributed by atoms with van der Waals surface area (Å²) in [6, 6.07) is 10.7. The van der Waals surface area contributed by atoms with Crippen molar-refractivity contribution in [1.82, 2.24) is 0 Å². The van der Waals surface area contributed by atoms with Gasteiger partial charge in [0.15, 0.2) is 0 Å². The summed E-state index contributed by atoms with van der Waals surface area (Å²) in [6.45, 7) is 0.278. The quantitative estimate of drug-likeness (QED) is 0.903. The first-order valence-corrected chi connectivity index (χ1v) is 5.77. The normalized spacial score (nSPS) is 10.3. The molecule has 18 heavy (non-hydrogen) atoms. The minimum absolute atomic E-state index is 0.110. The molecule has 0 fully saturated rings. The predicted molar refractivity (Wildman–Crippen MR) is 68.8 cm³/mol. The van der Waals surface area contributed by atoms with E-state index in [9.17, 15) is 4.79 Å². The van der Waals surface area contributed by atoms with E-state index >= 15 is 0 Å². The smallest absolute Gasteiger partial charge is 0.323 e. The lowest BCUT2D eigenvalue weighted by atomic mass is 10.2. The summed E-state index contributed by atoms with van der Waals surface area (Å²) in [7, 11) is 0. The van der Waals surface area contributed by atoms with Crippen LogP contribution >= 0.6 is 11.6 Å². The first-order valence-electron chi connectivity index (χ1n) is 5.40. The summed E-state index contributed by atoms with van der Waals surface area (Å²) >= 11 is 5.91. The van der Waals surface area contributed by atoms with Crippen molar-refractivity contribution in [2.75, 3.05) is 11.4 Å². The van der Waals surface area contributed by atoms with Crippen molar-refractivity contribution in [2.24, 2.45) is 0 Å². The lowest BCUT2D eigenvalue weighted by molar-refractivity contribution is -0.135. The standard InChI is InChI=1S/C13H12ClNO3/c14-10-3-1-4-11(7-10)15(9-13(16)17)8-12-5-2-6-18-12/h1-7H,8-9H2,(H,16,17). The summed E-state index contributed by atoms with van der Waals surface area (Å²) in [5, 5.41) is 9.51. The summed E-state index contributed by atoms with van der Waals surface area (Å²) in [6.07, 6.45) is 1.56. The molecule has 0 amide bonds. The second kappa shape index (κ2) is 5.60. The maximum Gasteiger partial charge on any atom is 0.323 e. The van der Waals surface area contributed by atoms with Gasteiger partial charge in [-0.2, -0.15) is 0 Å². The highest BCUT2D eigenvalue weighted by Gasteiger charge is 2.13. The SMILES string of the molecule is O=C(O)CN(Cc1ccco1)c1cccc(Cl)c1. The molecule has 0 atom stereocenters. The third kappa shape index (κ3) is 3.28. The van der Waals surface area contributed by atoms with Gasteiger partial charge in [0.05, 0.1) is 12.8 Å². The molecule has 0 spiro atoms. The van der Waals surface area contributed by atoms with Crippen LogP contribution in [0.2, 0.25) is 5.02 Å². The summed E-state index contributed by atoms with van der Waals surface area (Å²) in [5.41, 5.74) is 0.751. The van der Waals surface area contributed by atoms with Gasteiger partial charge in [-0.3, -0.25) is 4.79 Å². The van der Waals surface area contributed by atoms with Crippen molar-refractivity contribution in [1.29, 1.82) is 0 Å². The zero-order chi connectivity index (χ0) is 13.0. The van der Waals surface area contributed by atoms with E-state index in [-0.39, 0.29) is 6.54 Å². The van der Waals surface area contributed by atoms with Crippen LogP contribution in [0.15, 0.2) is 47.1 Å². The Kier molecular flexibility index (Phi) is 3.89. The molecule has 0 aliphatic carbocycles. The Morgan fingerprint density at radius 3 is 2.78 bits per heavy atom.